The van der Waals surface area contributed by atoms with E-state index >= 15 is 0 Å². The lowest BCUT2D eigenvalue weighted by molar-refractivity contribution is 0.102. The minimum atomic E-state index is -0.554. The number of fused-ring (bicyclic) bond motifs is 2. The number of halogens is 1. The van der Waals surface area contributed by atoms with Gasteiger partial charge in [-0.2, -0.15) is 0 Å². The van der Waals surface area contributed by atoms with Gasteiger partial charge in [-0.25, -0.2) is 9.37 Å². The van der Waals surface area contributed by atoms with Crippen LogP contribution in [0.4, 0.5) is 9.52 Å². The fourth-order valence-corrected chi connectivity index (χ4v) is 3.34. The summed E-state index contributed by atoms with van der Waals surface area (Å²) < 4.78 is 13.8. The highest BCUT2D eigenvalue weighted by Crippen LogP contribution is 2.26. The van der Waals surface area contributed by atoms with Gasteiger partial charge in [-0.1, -0.05) is 23.5 Å². The Labute approximate surface area is 138 Å². The van der Waals surface area contributed by atoms with Gasteiger partial charge in [-0.3, -0.25) is 14.9 Å². The minimum absolute atomic E-state index is 0.000799. The zero-order chi connectivity index (χ0) is 16.7. The molecule has 0 unspecified atom stereocenters. The van der Waals surface area contributed by atoms with Crippen LogP contribution < -0.4 is 10.7 Å². The molecule has 4 aromatic rings. The second-order valence-electron chi connectivity index (χ2n) is 5.16. The normalized spacial score (nSPS) is 11.0. The van der Waals surface area contributed by atoms with Crippen LogP contribution in [0.2, 0.25) is 0 Å². The topological polar surface area (TPSA) is 74.8 Å². The number of nitrogens with zero attached hydrogens (tertiary/aromatic N) is 1. The summed E-state index contributed by atoms with van der Waals surface area (Å²) in [6.45, 7) is 0. The number of amides is 1. The van der Waals surface area contributed by atoms with E-state index in [9.17, 15) is 14.0 Å². The van der Waals surface area contributed by atoms with Crippen molar-refractivity contribution < 1.29 is 9.18 Å². The lowest BCUT2D eigenvalue weighted by Gasteiger charge is -2.03. The standard InChI is InChI=1S/C17H10FN3O2S/c18-9-5-6-13-14(7-9)24-17(20-13)21-16(23)11-8-19-12-4-2-1-3-10(12)15(11)22/h1-8H,(H,19,22)(H,20,21,23). The van der Waals surface area contributed by atoms with Crippen LogP contribution in [0, 0.1) is 5.82 Å². The molecule has 0 fully saturated rings. The van der Waals surface area contributed by atoms with Crippen molar-refractivity contribution in [3.05, 3.63) is 70.3 Å². The molecule has 2 aromatic heterocycles. The highest BCUT2D eigenvalue weighted by atomic mass is 32.1. The molecule has 2 N–H and O–H groups in total. The molecule has 0 atom stereocenters. The smallest absolute Gasteiger partial charge is 0.262 e. The molecule has 2 aromatic carbocycles. The van der Waals surface area contributed by atoms with E-state index in [1.807, 2.05) is 0 Å². The van der Waals surface area contributed by atoms with E-state index in [4.69, 9.17) is 0 Å². The summed E-state index contributed by atoms with van der Waals surface area (Å²) in [6, 6.07) is 11.2. The molecule has 2 heterocycles. The predicted octanol–water partition coefficient (Wildman–Crippen LogP) is 3.53. The molecule has 0 aliphatic carbocycles. The first-order valence-corrected chi connectivity index (χ1v) is 7.91. The second kappa shape index (κ2) is 5.54. The molecule has 0 aliphatic heterocycles. The molecule has 0 spiro atoms. The first-order chi connectivity index (χ1) is 11.6. The van der Waals surface area contributed by atoms with E-state index in [1.54, 1.807) is 30.3 Å². The largest absolute Gasteiger partial charge is 0.360 e. The first kappa shape index (κ1) is 14.5. The molecule has 0 aliphatic rings. The number of anilines is 1. The fraction of sp³-hybridized carbons (Fsp3) is 0. The van der Waals surface area contributed by atoms with Crippen LogP contribution in [-0.2, 0) is 0 Å². The number of carbonyl (C=O) groups is 1. The maximum Gasteiger partial charge on any atom is 0.262 e. The summed E-state index contributed by atoms with van der Waals surface area (Å²) in [6.07, 6.45) is 1.38. The van der Waals surface area contributed by atoms with Crippen LogP contribution in [-0.4, -0.2) is 15.9 Å². The van der Waals surface area contributed by atoms with Gasteiger partial charge in [-0.15, -0.1) is 0 Å². The van der Waals surface area contributed by atoms with Crippen LogP contribution in [0.5, 0.6) is 0 Å². The molecule has 118 valence electrons. The third kappa shape index (κ3) is 2.44. The number of thiazole rings is 1. The summed E-state index contributed by atoms with van der Waals surface area (Å²) in [4.78, 5) is 32.0. The van der Waals surface area contributed by atoms with Gasteiger partial charge in [0.1, 0.15) is 11.4 Å². The van der Waals surface area contributed by atoms with Gasteiger partial charge in [0.15, 0.2) is 5.13 Å². The number of rotatable bonds is 2. The van der Waals surface area contributed by atoms with Gasteiger partial charge in [0.2, 0.25) is 5.43 Å². The van der Waals surface area contributed by atoms with Gasteiger partial charge in [0.25, 0.3) is 5.91 Å². The summed E-state index contributed by atoms with van der Waals surface area (Å²) >= 11 is 1.15. The summed E-state index contributed by atoms with van der Waals surface area (Å²) in [7, 11) is 0. The first-order valence-electron chi connectivity index (χ1n) is 7.10. The van der Waals surface area contributed by atoms with Crippen molar-refractivity contribution in [1.82, 2.24) is 9.97 Å². The minimum Gasteiger partial charge on any atom is -0.360 e. The highest BCUT2D eigenvalue weighted by Gasteiger charge is 2.15. The van der Waals surface area contributed by atoms with Crippen LogP contribution in [0.1, 0.15) is 10.4 Å². The zero-order valence-electron chi connectivity index (χ0n) is 12.2. The summed E-state index contributed by atoms with van der Waals surface area (Å²) in [5, 5.41) is 3.35. The highest BCUT2D eigenvalue weighted by molar-refractivity contribution is 7.22. The Morgan fingerprint density at radius 3 is 2.92 bits per heavy atom. The van der Waals surface area contributed by atoms with E-state index in [-0.39, 0.29) is 16.8 Å². The number of hydrogen-bond donors (Lipinski definition) is 2. The Hall–Kier alpha value is -3.06. The van der Waals surface area contributed by atoms with Crippen molar-refractivity contribution in [2.45, 2.75) is 0 Å². The van der Waals surface area contributed by atoms with Crippen LogP contribution in [0.15, 0.2) is 53.5 Å². The Morgan fingerprint density at radius 2 is 2.04 bits per heavy atom. The lowest BCUT2D eigenvalue weighted by Crippen LogP contribution is -2.21. The van der Waals surface area contributed by atoms with Crippen molar-refractivity contribution >= 4 is 43.5 Å². The number of hydrogen-bond acceptors (Lipinski definition) is 4. The van der Waals surface area contributed by atoms with Gasteiger partial charge in [-0.05, 0) is 30.3 Å². The van der Waals surface area contributed by atoms with Crippen molar-refractivity contribution in [2.75, 3.05) is 5.32 Å². The number of benzene rings is 2. The predicted molar refractivity (Wildman–Crippen MR) is 92.1 cm³/mol. The van der Waals surface area contributed by atoms with Gasteiger partial charge >= 0.3 is 0 Å². The SMILES string of the molecule is O=C(Nc1nc2ccc(F)cc2s1)c1c[nH]c2ccccc2c1=O. The lowest BCUT2D eigenvalue weighted by atomic mass is 10.1. The zero-order valence-corrected chi connectivity index (χ0v) is 13.0. The van der Waals surface area contributed by atoms with Gasteiger partial charge < -0.3 is 4.98 Å². The molecule has 5 nitrogen and oxygen atoms in total. The molecular formula is C17H10FN3O2S. The third-order valence-corrected chi connectivity index (χ3v) is 4.54. The maximum atomic E-state index is 13.2. The number of H-pyrrole nitrogens is 1. The second-order valence-corrected chi connectivity index (χ2v) is 6.19. The quantitative estimate of drug-likeness (QED) is 0.587. The molecule has 0 saturated carbocycles. The number of carbonyl (C=O) groups excluding carboxylic acids is 1. The third-order valence-electron chi connectivity index (χ3n) is 3.60. The van der Waals surface area contributed by atoms with Crippen molar-refractivity contribution in [3.8, 4) is 0 Å². The van der Waals surface area contributed by atoms with E-state index in [0.717, 1.165) is 11.3 Å². The molecule has 0 saturated heterocycles. The summed E-state index contributed by atoms with van der Waals surface area (Å²) in [5.41, 5.74) is 0.895. The van der Waals surface area contributed by atoms with Gasteiger partial charge in [0, 0.05) is 17.1 Å². The van der Waals surface area contributed by atoms with E-state index < -0.39 is 5.91 Å². The maximum absolute atomic E-state index is 13.2. The van der Waals surface area contributed by atoms with Gasteiger partial charge in [0.05, 0.1) is 10.2 Å². The Bertz CT molecular complexity index is 1150. The van der Waals surface area contributed by atoms with Crippen LogP contribution in [0.25, 0.3) is 21.1 Å². The molecule has 7 heteroatoms. The summed E-state index contributed by atoms with van der Waals surface area (Å²) in [5.74, 6) is -0.920. The van der Waals surface area contributed by atoms with E-state index in [2.05, 4.69) is 15.3 Å². The number of para-hydroxylation sites is 1. The average Bonchev–Trinajstić information content (AvgIpc) is 2.96. The average molecular weight is 339 g/mol. The molecule has 4 rings (SSSR count). The molecule has 24 heavy (non-hydrogen) atoms. The van der Waals surface area contributed by atoms with E-state index in [1.165, 1.54) is 18.3 Å². The monoisotopic (exact) mass is 339 g/mol. The van der Waals surface area contributed by atoms with Crippen LogP contribution >= 0.6 is 11.3 Å². The van der Waals surface area contributed by atoms with Crippen molar-refractivity contribution in [2.24, 2.45) is 0 Å². The van der Waals surface area contributed by atoms with Crippen molar-refractivity contribution in [3.63, 3.8) is 0 Å². The van der Waals surface area contributed by atoms with Crippen LogP contribution in [0.3, 0.4) is 0 Å². The van der Waals surface area contributed by atoms with Crippen molar-refractivity contribution in [1.29, 1.82) is 0 Å². The number of nitrogens with one attached hydrogen (secondary N) is 2. The molecule has 1 amide bonds. The fourth-order valence-electron chi connectivity index (χ4n) is 2.45. The van der Waals surface area contributed by atoms with E-state index in [0.29, 0.717) is 26.3 Å². The number of aromatic amines is 1. The molecule has 0 radical (unpaired) electrons. The Morgan fingerprint density at radius 1 is 1.21 bits per heavy atom. The molecule has 0 bridgehead atoms. The Balaban J connectivity index is 1.70. The molecular weight excluding hydrogens is 329 g/mol. The number of pyridine rings is 1. The Kier molecular flexibility index (Phi) is 3.35. The number of aromatic nitrogens is 2.